The lowest BCUT2D eigenvalue weighted by Crippen LogP contribution is -2.70. The van der Waals surface area contributed by atoms with Crippen LogP contribution in [0.1, 0.15) is 17.5 Å². The number of hydrogen-bond acceptors (Lipinski definition) is 4. The highest BCUT2D eigenvalue weighted by atomic mass is 16.4. The molecule has 1 aliphatic heterocycles. The molecule has 120 valence electrons. The highest BCUT2D eigenvalue weighted by Gasteiger charge is 2.43. The smallest absolute Gasteiger partial charge is 0.408 e. The van der Waals surface area contributed by atoms with Crippen LogP contribution in [-0.4, -0.2) is 54.7 Å². The van der Waals surface area contributed by atoms with Gasteiger partial charge in [-0.2, -0.15) is 0 Å². The van der Waals surface area contributed by atoms with Crippen LogP contribution in [0.2, 0.25) is 0 Å². The lowest BCUT2D eigenvalue weighted by molar-refractivity contribution is -0.110. The molecule has 0 spiro atoms. The van der Waals surface area contributed by atoms with Crippen LogP contribution in [0.4, 0.5) is 10.5 Å². The number of aryl methyl sites for hydroxylation is 2. The van der Waals surface area contributed by atoms with Gasteiger partial charge in [0.25, 0.3) is 0 Å². The highest BCUT2D eigenvalue weighted by Crippen LogP contribution is 2.29. The lowest BCUT2D eigenvalue weighted by atomic mass is 9.99. The molecule has 6 heteroatoms. The van der Waals surface area contributed by atoms with Crippen molar-refractivity contribution in [2.45, 2.75) is 25.9 Å². The number of carbonyl (C=O) groups excluding carboxylic acids is 1. The largest absolute Gasteiger partial charge is 0.465 e. The van der Waals surface area contributed by atoms with Crippen molar-refractivity contribution in [3.05, 3.63) is 29.3 Å². The minimum atomic E-state index is -1.00. The molecule has 22 heavy (non-hydrogen) atoms. The van der Waals surface area contributed by atoms with Crippen LogP contribution >= 0.6 is 0 Å². The first-order valence-corrected chi connectivity index (χ1v) is 7.39. The molecule has 0 aliphatic carbocycles. The summed E-state index contributed by atoms with van der Waals surface area (Å²) >= 11 is 0. The van der Waals surface area contributed by atoms with E-state index < -0.39 is 11.8 Å². The van der Waals surface area contributed by atoms with E-state index >= 15 is 0 Å². The zero-order valence-electron chi connectivity index (χ0n) is 13.3. The van der Waals surface area contributed by atoms with Crippen molar-refractivity contribution < 1.29 is 14.7 Å². The summed E-state index contributed by atoms with van der Waals surface area (Å²) in [6.45, 7) is 5.49. The summed E-state index contributed by atoms with van der Waals surface area (Å²) in [5, 5.41) is 12.5. The summed E-state index contributed by atoms with van der Waals surface area (Å²) in [6, 6.07) is 6.23. The Kier molecular flexibility index (Phi) is 4.71. The van der Waals surface area contributed by atoms with E-state index in [-0.39, 0.29) is 6.42 Å². The van der Waals surface area contributed by atoms with Gasteiger partial charge in [0.15, 0.2) is 0 Å². The summed E-state index contributed by atoms with van der Waals surface area (Å²) in [7, 11) is 1.70. The average molecular weight is 305 g/mol. The van der Waals surface area contributed by atoms with Crippen molar-refractivity contribution >= 4 is 18.1 Å². The van der Waals surface area contributed by atoms with E-state index in [4.69, 9.17) is 0 Å². The van der Waals surface area contributed by atoms with Crippen LogP contribution in [0.15, 0.2) is 18.2 Å². The number of piperazine rings is 1. The fourth-order valence-electron chi connectivity index (χ4n) is 3.09. The summed E-state index contributed by atoms with van der Waals surface area (Å²) < 4.78 is 0. The highest BCUT2D eigenvalue weighted by molar-refractivity contribution is 5.69. The molecule has 1 saturated heterocycles. The summed E-state index contributed by atoms with van der Waals surface area (Å²) in [5.41, 5.74) is 2.51. The van der Waals surface area contributed by atoms with Crippen molar-refractivity contribution in [1.82, 2.24) is 10.2 Å². The molecule has 1 fully saturated rings. The maximum atomic E-state index is 11.5. The Morgan fingerprint density at radius 2 is 2.14 bits per heavy atom. The van der Waals surface area contributed by atoms with E-state index in [1.807, 2.05) is 13.8 Å². The molecule has 1 atom stereocenters. The van der Waals surface area contributed by atoms with Crippen LogP contribution in [0.25, 0.3) is 0 Å². The van der Waals surface area contributed by atoms with E-state index in [1.54, 1.807) is 7.05 Å². The Morgan fingerprint density at radius 1 is 1.41 bits per heavy atom. The number of amides is 1. The Morgan fingerprint density at radius 3 is 2.73 bits per heavy atom. The molecule has 0 saturated carbocycles. The third-order valence-corrected chi connectivity index (χ3v) is 4.39. The molecule has 1 amide bonds. The van der Waals surface area contributed by atoms with Gasteiger partial charge in [-0.15, -0.1) is 0 Å². The number of nitrogens with one attached hydrogen (secondary N) is 1. The maximum absolute atomic E-state index is 11.5. The van der Waals surface area contributed by atoms with Gasteiger partial charge in [0.1, 0.15) is 11.9 Å². The normalized spacial score (nSPS) is 21.8. The van der Waals surface area contributed by atoms with E-state index in [9.17, 15) is 14.7 Å². The molecular formula is C16H23N3O3. The third kappa shape index (κ3) is 2.92. The van der Waals surface area contributed by atoms with E-state index in [1.165, 1.54) is 4.90 Å². The number of nitrogens with zero attached hydrogens (tertiary/aromatic N) is 2. The van der Waals surface area contributed by atoms with Crippen LogP contribution in [0.5, 0.6) is 0 Å². The topological polar surface area (TPSA) is 72.9 Å². The van der Waals surface area contributed by atoms with Crippen LogP contribution < -0.4 is 10.2 Å². The molecule has 2 N–H and O–H groups in total. The summed E-state index contributed by atoms with van der Waals surface area (Å²) in [4.78, 5) is 26.1. The Balaban J connectivity index is 2.36. The monoisotopic (exact) mass is 305 g/mol. The second kappa shape index (κ2) is 6.36. The molecule has 0 aromatic heterocycles. The second-order valence-electron chi connectivity index (χ2n) is 5.80. The van der Waals surface area contributed by atoms with Crippen molar-refractivity contribution in [3.63, 3.8) is 0 Å². The zero-order valence-corrected chi connectivity index (χ0v) is 13.3. The SMILES string of the molecule is CNC1(CC=O)CN(c2cc(C)ccc2C)CCN1C(=O)O. The molecule has 1 unspecified atom stereocenters. The molecule has 0 radical (unpaired) electrons. The second-order valence-corrected chi connectivity index (χ2v) is 5.80. The number of benzene rings is 1. The van der Waals surface area contributed by atoms with Crippen LogP contribution in [-0.2, 0) is 4.79 Å². The predicted octanol–water partition coefficient (Wildman–Crippen LogP) is 1.61. The summed E-state index contributed by atoms with van der Waals surface area (Å²) in [6.07, 6.45) is -0.104. The fourth-order valence-corrected chi connectivity index (χ4v) is 3.09. The van der Waals surface area contributed by atoms with Gasteiger partial charge in [0, 0.05) is 25.2 Å². The van der Waals surface area contributed by atoms with E-state index in [2.05, 4.69) is 28.4 Å². The Labute approximate surface area is 130 Å². The van der Waals surface area contributed by atoms with Crippen LogP contribution in [0.3, 0.4) is 0 Å². The number of carboxylic acid groups (broad SMARTS) is 1. The fraction of sp³-hybridized carbons (Fsp3) is 0.500. The number of aldehydes is 1. The first-order chi connectivity index (χ1) is 10.4. The lowest BCUT2D eigenvalue weighted by Gasteiger charge is -2.49. The minimum Gasteiger partial charge on any atom is -0.465 e. The van der Waals surface area contributed by atoms with Crippen molar-refractivity contribution in [1.29, 1.82) is 0 Å². The molecule has 0 bridgehead atoms. The quantitative estimate of drug-likeness (QED) is 0.827. The van der Waals surface area contributed by atoms with Gasteiger partial charge < -0.3 is 14.8 Å². The van der Waals surface area contributed by atoms with Crippen molar-refractivity contribution in [3.8, 4) is 0 Å². The molecule has 6 nitrogen and oxygen atoms in total. The van der Waals surface area contributed by atoms with E-state index in [0.29, 0.717) is 19.6 Å². The maximum Gasteiger partial charge on any atom is 0.408 e. The standard InChI is InChI=1S/C16H23N3O3/c1-12-4-5-13(2)14(10-12)18-7-8-19(15(21)22)16(11-18,17-3)6-9-20/h4-5,9-10,17H,6-8,11H2,1-3H3,(H,21,22). The molecule has 1 aromatic rings. The number of rotatable bonds is 4. The summed E-state index contributed by atoms with van der Waals surface area (Å²) in [5.74, 6) is 0. The van der Waals surface area contributed by atoms with Crippen LogP contribution in [0, 0.1) is 13.8 Å². The van der Waals surface area contributed by atoms with Gasteiger partial charge in [-0.25, -0.2) is 4.79 Å². The van der Waals surface area contributed by atoms with Gasteiger partial charge in [-0.1, -0.05) is 12.1 Å². The minimum absolute atomic E-state index is 0.122. The Bertz CT molecular complexity index is 576. The van der Waals surface area contributed by atoms with Gasteiger partial charge in [0.05, 0.1) is 6.54 Å². The average Bonchev–Trinajstić information content (AvgIpc) is 2.49. The Hall–Kier alpha value is -2.08. The number of carbonyl (C=O) groups is 2. The molecular weight excluding hydrogens is 282 g/mol. The van der Waals surface area contributed by atoms with Crippen molar-refractivity contribution in [2.24, 2.45) is 0 Å². The van der Waals surface area contributed by atoms with Gasteiger partial charge in [-0.3, -0.25) is 10.2 Å². The first-order valence-electron chi connectivity index (χ1n) is 7.39. The molecule has 1 heterocycles. The molecule has 1 aromatic carbocycles. The third-order valence-electron chi connectivity index (χ3n) is 4.39. The van der Waals surface area contributed by atoms with Gasteiger partial charge in [-0.05, 0) is 38.1 Å². The number of hydrogen-bond donors (Lipinski definition) is 2. The van der Waals surface area contributed by atoms with Crippen molar-refractivity contribution in [2.75, 3.05) is 31.6 Å². The first kappa shape index (κ1) is 16.3. The number of likely N-dealkylation sites (N-methyl/N-ethyl adjacent to an activating group) is 1. The number of anilines is 1. The van der Waals surface area contributed by atoms with Gasteiger partial charge in [0.2, 0.25) is 0 Å². The van der Waals surface area contributed by atoms with E-state index in [0.717, 1.165) is 23.1 Å². The predicted molar refractivity (Wildman–Crippen MR) is 85.3 cm³/mol. The zero-order chi connectivity index (χ0) is 16.3. The molecule has 1 aliphatic rings. The van der Waals surface area contributed by atoms with Gasteiger partial charge >= 0.3 is 6.09 Å². The molecule has 2 rings (SSSR count).